The summed E-state index contributed by atoms with van der Waals surface area (Å²) in [6.07, 6.45) is 1.84. The molecule has 0 aliphatic heterocycles. The average Bonchev–Trinajstić information content (AvgIpc) is 2.60. The van der Waals surface area contributed by atoms with Gasteiger partial charge in [0.2, 0.25) is 0 Å². The molecule has 5 nitrogen and oxygen atoms in total. The first-order chi connectivity index (χ1) is 11.1. The molecule has 0 aliphatic rings. The second kappa shape index (κ2) is 8.14. The number of ether oxygens (including phenoxy) is 1. The van der Waals surface area contributed by atoms with Crippen LogP contribution in [0.5, 0.6) is 0 Å². The molecule has 0 radical (unpaired) electrons. The number of carbonyl (C=O) groups is 3. The van der Waals surface area contributed by atoms with E-state index >= 15 is 0 Å². The number of hydrogen-bond donors (Lipinski definition) is 1. The molecule has 23 heavy (non-hydrogen) atoms. The summed E-state index contributed by atoms with van der Waals surface area (Å²) in [6.45, 7) is -0.514. The van der Waals surface area contributed by atoms with Crippen molar-refractivity contribution in [2.45, 2.75) is 4.90 Å². The summed E-state index contributed by atoms with van der Waals surface area (Å²) < 4.78 is 4.95. The van der Waals surface area contributed by atoms with E-state index in [9.17, 15) is 14.4 Å². The molecule has 2 rings (SSSR count). The molecule has 0 unspecified atom stereocenters. The van der Waals surface area contributed by atoms with E-state index < -0.39 is 24.4 Å². The van der Waals surface area contributed by atoms with E-state index in [-0.39, 0.29) is 0 Å². The fraction of sp³-hybridized carbons (Fsp3) is 0.118. The van der Waals surface area contributed by atoms with Crippen LogP contribution in [0.4, 0.5) is 0 Å². The summed E-state index contributed by atoms with van der Waals surface area (Å²) in [5.41, 5.74) is 0.752. The fourth-order valence-electron chi connectivity index (χ4n) is 1.85. The molecule has 1 N–H and O–H groups in total. The molecule has 2 aromatic carbocycles. The Morgan fingerprint density at radius 2 is 1.65 bits per heavy atom. The van der Waals surface area contributed by atoms with Gasteiger partial charge in [0, 0.05) is 10.5 Å². The van der Waals surface area contributed by atoms with Crippen molar-refractivity contribution >= 4 is 29.5 Å². The number of hydrogen-bond acceptors (Lipinski definition) is 5. The van der Waals surface area contributed by atoms with Gasteiger partial charge in [-0.1, -0.05) is 30.3 Å². The normalized spacial score (nSPS) is 9.96. The van der Waals surface area contributed by atoms with Gasteiger partial charge in [-0.25, -0.2) is 4.79 Å². The van der Waals surface area contributed by atoms with Crippen molar-refractivity contribution in [1.29, 1.82) is 0 Å². The average molecular weight is 329 g/mol. The fourth-order valence-corrected chi connectivity index (χ4v) is 2.43. The van der Waals surface area contributed by atoms with Gasteiger partial charge in [0.15, 0.2) is 6.61 Å². The van der Waals surface area contributed by atoms with Gasteiger partial charge in [-0.15, -0.1) is 11.8 Å². The first kappa shape index (κ1) is 16.8. The zero-order valence-corrected chi connectivity index (χ0v) is 13.3. The summed E-state index contributed by atoms with van der Waals surface area (Å²) in [7, 11) is 0. The molecule has 2 aromatic rings. The van der Waals surface area contributed by atoms with Crippen LogP contribution in [0.3, 0.4) is 0 Å². The number of rotatable bonds is 5. The molecule has 0 saturated carbocycles. The smallest absolute Gasteiger partial charge is 0.339 e. The predicted molar refractivity (Wildman–Crippen MR) is 87.4 cm³/mol. The SMILES string of the molecule is CSc1ccccc1C(=O)OCC(=O)NC(=O)c1ccccc1. The standard InChI is InChI=1S/C17H15NO4S/c1-23-14-10-6-5-9-13(14)17(21)22-11-15(19)18-16(20)12-7-3-2-4-8-12/h2-10H,11H2,1H3,(H,18,19,20). The molecule has 6 heteroatoms. The summed E-state index contributed by atoms with van der Waals surface area (Å²) in [5.74, 6) is -1.80. The Kier molecular flexibility index (Phi) is 5.94. The molecule has 0 saturated heterocycles. The molecule has 2 amide bonds. The van der Waals surface area contributed by atoms with E-state index in [0.717, 1.165) is 4.90 Å². The van der Waals surface area contributed by atoms with Crippen molar-refractivity contribution in [3.8, 4) is 0 Å². The lowest BCUT2D eigenvalue weighted by molar-refractivity contribution is -0.123. The van der Waals surface area contributed by atoms with Crippen molar-refractivity contribution in [3.05, 3.63) is 65.7 Å². The third kappa shape index (κ3) is 4.69. The second-order valence-electron chi connectivity index (χ2n) is 4.52. The first-order valence-corrected chi connectivity index (χ1v) is 8.03. The lowest BCUT2D eigenvalue weighted by Gasteiger charge is -2.08. The van der Waals surface area contributed by atoms with Gasteiger partial charge in [0.05, 0.1) is 5.56 Å². The van der Waals surface area contributed by atoms with E-state index in [2.05, 4.69) is 5.32 Å². The van der Waals surface area contributed by atoms with Crippen molar-refractivity contribution in [2.24, 2.45) is 0 Å². The van der Waals surface area contributed by atoms with E-state index in [1.54, 1.807) is 48.5 Å². The molecule has 118 valence electrons. The third-order valence-corrected chi connectivity index (χ3v) is 3.75. The molecule has 0 bridgehead atoms. The lowest BCUT2D eigenvalue weighted by Crippen LogP contribution is -2.34. The zero-order valence-electron chi connectivity index (χ0n) is 12.4. The quantitative estimate of drug-likeness (QED) is 0.674. The van der Waals surface area contributed by atoms with E-state index in [1.807, 2.05) is 12.3 Å². The van der Waals surface area contributed by atoms with Crippen molar-refractivity contribution in [2.75, 3.05) is 12.9 Å². The molecule has 0 atom stereocenters. The van der Waals surface area contributed by atoms with Crippen molar-refractivity contribution in [1.82, 2.24) is 5.32 Å². The molecule has 0 aliphatic carbocycles. The maximum absolute atomic E-state index is 12.0. The summed E-state index contributed by atoms with van der Waals surface area (Å²) in [4.78, 5) is 36.2. The third-order valence-electron chi connectivity index (χ3n) is 2.95. The Morgan fingerprint density at radius 3 is 2.35 bits per heavy atom. The number of thioether (sulfide) groups is 1. The highest BCUT2D eigenvalue weighted by molar-refractivity contribution is 7.98. The van der Waals surface area contributed by atoms with E-state index in [4.69, 9.17) is 4.74 Å². The summed E-state index contributed by atoms with van der Waals surface area (Å²) in [6, 6.07) is 15.3. The van der Waals surface area contributed by atoms with Gasteiger partial charge in [0.25, 0.3) is 11.8 Å². The van der Waals surface area contributed by atoms with Crippen LogP contribution >= 0.6 is 11.8 Å². The zero-order chi connectivity index (χ0) is 16.7. The minimum absolute atomic E-state index is 0.361. The molecule has 0 heterocycles. The lowest BCUT2D eigenvalue weighted by atomic mass is 10.2. The Balaban J connectivity index is 1.89. The number of imide groups is 1. The summed E-state index contributed by atoms with van der Waals surface area (Å²) >= 11 is 1.41. The van der Waals surface area contributed by atoms with Gasteiger partial charge in [-0.3, -0.25) is 14.9 Å². The summed E-state index contributed by atoms with van der Waals surface area (Å²) in [5, 5.41) is 2.17. The highest BCUT2D eigenvalue weighted by Crippen LogP contribution is 2.20. The molecule has 0 fully saturated rings. The second-order valence-corrected chi connectivity index (χ2v) is 5.37. The Hall–Kier alpha value is -2.60. The maximum Gasteiger partial charge on any atom is 0.339 e. The van der Waals surface area contributed by atoms with Crippen LogP contribution in [0.15, 0.2) is 59.5 Å². The highest BCUT2D eigenvalue weighted by atomic mass is 32.2. The van der Waals surface area contributed by atoms with Gasteiger partial charge in [-0.05, 0) is 30.5 Å². The number of carbonyl (C=O) groups excluding carboxylic acids is 3. The molecule has 0 spiro atoms. The van der Waals surface area contributed by atoms with Crippen LogP contribution in [-0.4, -0.2) is 30.6 Å². The first-order valence-electron chi connectivity index (χ1n) is 6.81. The Labute approximate surface area is 138 Å². The predicted octanol–water partition coefficient (Wildman–Crippen LogP) is 2.52. The van der Waals surface area contributed by atoms with E-state index in [1.165, 1.54) is 11.8 Å². The van der Waals surface area contributed by atoms with Crippen LogP contribution in [0.1, 0.15) is 20.7 Å². The van der Waals surface area contributed by atoms with Crippen LogP contribution in [0.25, 0.3) is 0 Å². The minimum Gasteiger partial charge on any atom is -0.452 e. The topological polar surface area (TPSA) is 72.5 Å². The Morgan fingerprint density at radius 1 is 1.00 bits per heavy atom. The number of nitrogens with one attached hydrogen (secondary N) is 1. The van der Waals surface area contributed by atoms with Crippen LogP contribution in [0, 0.1) is 0 Å². The van der Waals surface area contributed by atoms with Crippen LogP contribution < -0.4 is 5.32 Å². The largest absolute Gasteiger partial charge is 0.452 e. The van der Waals surface area contributed by atoms with Crippen molar-refractivity contribution in [3.63, 3.8) is 0 Å². The number of amides is 2. The van der Waals surface area contributed by atoms with Crippen molar-refractivity contribution < 1.29 is 19.1 Å². The van der Waals surface area contributed by atoms with Gasteiger partial charge in [0.1, 0.15) is 0 Å². The van der Waals surface area contributed by atoms with Gasteiger partial charge < -0.3 is 4.74 Å². The van der Waals surface area contributed by atoms with Crippen LogP contribution in [-0.2, 0) is 9.53 Å². The maximum atomic E-state index is 12.0. The van der Waals surface area contributed by atoms with Gasteiger partial charge >= 0.3 is 5.97 Å². The number of esters is 1. The minimum atomic E-state index is -0.672. The highest BCUT2D eigenvalue weighted by Gasteiger charge is 2.15. The molecule has 0 aromatic heterocycles. The molecular weight excluding hydrogens is 314 g/mol. The number of benzene rings is 2. The van der Waals surface area contributed by atoms with E-state index in [0.29, 0.717) is 11.1 Å². The van der Waals surface area contributed by atoms with Crippen LogP contribution in [0.2, 0.25) is 0 Å². The Bertz CT molecular complexity index is 716. The molecular formula is C17H15NO4S. The van der Waals surface area contributed by atoms with Gasteiger partial charge in [-0.2, -0.15) is 0 Å². The monoisotopic (exact) mass is 329 g/mol.